The first-order valence-electron chi connectivity index (χ1n) is 7.50. The van der Waals surface area contributed by atoms with Crippen LogP contribution in [-0.2, 0) is 15.7 Å². The lowest BCUT2D eigenvalue weighted by atomic mass is 10.0. The van der Waals surface area contributed by atoms with Crippen LogP contribution in [0.3, 0.4) is 0 Å². The van der Waals surface area contributed by atoms with Crippen LogP contribution in [-0.4, -0.2) is 17.6 Å². The highest BCUT2D eigenvalue weighted by molar-refractivity contribution is 6.16. The molecule has 0 bridgehead atoms. The summed E-state index contributed by atoms with van der Waals surface area (Å²) in [6.07, 6.45) is -1.55. The molecule has 2 rings (SSSR count). The second kappa shape index (κ2) is 7.79. The van der Waals surface area contributed by atoms with Crippen LogP contribution in [0.2, 0.25) is 0 Å². The molecule has 3 nitrogen and oxygen atoms in total. The van der Waals surface area contributed by atoms with Gasteiger partial charge in [-0.15, -0.1) is 0 Å². The molecule has 0 saturated carbocycles. The van der Waals surface area contributed by atoms with Crippen molar-refractivity contribution in [2.24, 2.45) is 0 Å². The molecule has 0 fully saturated rings. The fraction of sp³-hybridized carbons (Fsp3) is 0.158. The average molecular weight is 347 g/mol. The van der Waals surface area contributed by atoms with E-state index in [1.165, 1.54) is 12.1 Å². The second-order valence-corrected chi connectivity index (χ2v) is 5.07. The Bertz CT molecular complexity index is 796. The highest BCUT2D eigenvalue weighted by Gasteiger charge is 2.33. The van der Waals surface area contributed by atoms with Crippen molar-refractivity contribution in [3.05, 3.63) is 71.6 Å². The molecule has 0 atom stereocenters. The first kappa shape index (κ1) is 18.4. The summed E-state index contributed by atoms with van der Waals surface area (Å²) < 4.78 is 43.7. The molecule has 1 aromatic heterocycles. The molecule has 2 aromatic rings. The van der Waals surface area contributed by atoms with Crippen molar-refractivity contribution in [3.8, 4) is 0 Å². The quantitative estimate of drug-likeness (QED) is 0.573. The Morgan fingerprint density at radius 1 is 1.16 bits per heavy atom. The first-order valence-corrected chi connectivity index (χ1v) is 7.50. The van der Waals surface area contributed by atoms with E-state index in [2.05, 4.69) is 11.6 Å². The van der Waals surface area contributed by atoms with E-state index in [-0.39, 0.29) is 23.4 Å². The van der Waals surface area contributed by atoms with Gasteiger partial charge < -0.3 is 4.74 Å². The summed E-state index contributed by atoms with van der Waals surface area (Å²) >= 11 is 0. The number of carbonyl (C=O) groups is 1. The van der Waals surface area contributed by atoms with Gasteiger partial charge in [0.25, 0.3) is 0 Å². The first-order chi connectivity index (χ1) is 11.8. The van der Waals surface area contributed by atoms with Crippen molar-refractivity contribution in [3.63, 3.8) is 0 Å². The third-order valence-corrected chi connectivity index (χ3v) is 3.30. The summed E-state index contributed by atoms with van der Waals surface area (Å²) in [6, 6.07) is 11.0. The number of aromatic nitrogens is 1. The predicted molar refractivity (Wildman–Crippen MR) is 90.3 cm³/mol. The Kier molecular flexibility index (Phi) is 5.75. The van der Waals surface area contributed by atoms with E-state index in [4.69, 9.17) is 4.74 Å². The Hall–Kier alpha value is -2.89. The van der Waals surface area contributed by atoms with Crippen molar-refractivity contribution < 1.29 is 22.7 Å². The minimum atomic E-state index is -4.58. The number of carbonyl (C=O) groups excluding carboxylic acids is 1. The number of benzene rings is 1. The van der Waals surface area contributed by atoms with Crippen LogP contribution in [0, 0.1) is 0 Å². The maximum absolute atomic E-state index is 12.9. The molecule has 0 spiro atoms. The lowest BCUT2D eigenvalue weighted by molar-refractivity contribution is -0.141. The van der Waals surface area contributed by atoms with E-state index >= 15 is 0 Å². The lowest BCUT2D eigenvalue weighted by Crippen LogP contribution is -2.12. The summed E-state index contributed by atoms with van der Waals surface area (Å²) in [5.41, 5.74) is -0.110. The molecular weight excluding hydrogens is 331 g/mol. The number of hydrogen-bond donors (Lipinski definition) is 0. The van der Waals surface area contributed by atoms with Crippen LogP contribution in [0.4, 0.5) is 13.2 Å². The Morgan fingerprint density at radius 2 is 1.84 bits per heavy atom. The zero-order valence-electron chi connectivity index (χ0n) is 13.5. The van der Waals surface area contributed by atoms with Gasteiger partial charge in [-0.3, -0.25) is 0 Å². The van der Waals surface area contributed by atoms with Gasteiger partial charge in [0.15, 0.2) is 0 Å². The molecule has 6 heteroatoms. The standard InChI is InChI=1S/C19H16F3NO2/c1-3-25-18(24)13(2)15-10-12-17(19(20,21)22)23-16(15)11-9-14-7-5-4-6-8-14/h4-12H,2-3H2,1H3. The van der Waals surface area contributed by atoms with Crippen molar-refractivity contribution in [2.75, 3.05) is 6.61 Å². The molecule has 0 aliphatic rings. The van der Waals surface area contributed by atoms with Gasteiger partial charge in [-0.1, -0.05) is 43.0 Å². The topological polar surface area (TPSA) is 39.2 Å². The smallest absolute Gasteiger partial charge is 0.433 e. The van der Waals surface area contributed by atoms with Gasteiger partial charge in [0.1, 0.15) is 5.69 Å². The van der Waals surface area contributed by atoms with Crippen molar-refractivity contribution in [2.45, 2.75) is 13.1 Å². The minimum absolute atomic E-state index is 0.00303. The molecule has 1 aromatic carbocycles. The van der Waals surface area contributed by atoms with E-state index in [1.54, 1.807) is 37.3 Å². The Labute approximate surface area is 143 Å². The van der Waals surface area contributed by atoms with Crippen LogP contribution in [0.25, 0.3) is 17.7 Å². The average Bonchev–Trinajstić information content (AvgIpc) is 2.59. The number of hydrogen-bond acceptors (Lipinski definition) is 3. The molecule has 1 heterocycles. The van der Waals surface area contributed by atoms with Gasteiger partial charge in [-0.05, 0) is 30.7 Å². The molecule has 0 unspecified atom stereocenters. The Balaban J connectivity index is 2.46. The maximum Gasteiger partial charge on any atom is 0.433 e. The van der Waals surface area contributed by atoms with Gasteiger partial charge in [0.05, 0.1) is 17.9 Å². The summed E-state index contributed by atoms with van der Waals surface area (Å²) in [5, 5.41) is 0. The zero-order valence-corrected chi connectivity index (χ0v) is 13.5. The minimum Gasteiger partial charge on any atom is -0.462 e. The van der Waals surface area contributed by atoms with Gasteiger partial charge >= 0.3 is 12.1 Å². The van der Waals surface area contributed by atoms with Crippen molar-refractivity contribution in [1.29, 1.82) is 0 Å². The van der Waals surface area contributed by atoms with Gasteiger partial charge in [-0.2, -0.15) is 13.2 Å². The highest BCUT2D eigenvalue weighted by atomic mass is 19.4. The van der Waals surface area contributed by atoms with Gasteiger partial charge in [0, 0.05) is 5.56 Å². The van der Waals surface area contributed by atoms with E-state index in [9.17, 15) is 18.0 Å². The number of pyridine rings is 1. The van der Waals surface area contributed by atoms with Gasteiger partial charge in [0.2, 0.25) is 0 Å². The molecule has 0 aliphatic carbocycles. The molecule has 0 saturated heterocycles. The molecule has 0 radical (unpaired) electrons. The molecule has 0 aliphatic heterocycles. The van der Waals surface area contributed by atoms with Crippen molar-refractivity contribution >= 4 is 23.7 Å². The van der Waals surface area contributed by atoms with Crippen LogP contribution >= 0.6 is 0 Å². The lowest BCUT2D eigenvalue weighted by Gasteiger charge is -2.12. The summed E-state index contributed by atoms with van der Waals surface area (Å²) in [5.74, 6) is -0.696. The largest absolute Gasteiger partial charge is 0.462 e. The predicted octanol–water partition coefficient (Wildman–Crippen LogP) is 4.85. The van der Waals surface area contributed by atoms with Crippen LogP contribution < -0.4 is 0 Å². The fourth-order valence-corrected chi connectivity index (χ4v) is 2.08. The number of rotatable bonds is 5. The third-order valence-electron chi connectivity index (χ3n) is 3.30. The van der Waals surface area contributed by atoms with Gasteiger partial charge in [-0.25, -0.2) is 9.78 Å². The molecule has 0 amide bonds. The number of nitrogens with zero attached hydrogens (tertiary/aromatic N) is 1. The molecule has 25 heavy (non-hydrogen) atoms. The zero-order chi connectivity index (χ0) is 18.4. The summed E-state index contributed by atoms with van der Waals surface area (Å²) in [7, 11) is 0. The third kappa shape index (κ3) is 4.79. The normalized spacial score (nSPS) is 11.5. The van der Waals surface area contributed by atoms with E-state index in [0.29, 0.717) is 0 Å². The summed E-state index contributed by atoms with van der Waals surface area (Å²) in [6.45, 7) is 5.39. The number of halogens is 3. The SMILES string of the molecule is C=C(C(=O)OCC)c1ccc(C(F)(F)F)nc1C=Cc1ccccc1. The van der Waals surface area contributed by atoms with Crippen LogP contribution in [0.15, 0.2) is 49.0 Å². The van der Waals surface area contributed by atoms with E-state index in [1.807, 2.05) is 6.07 Å². The Morgan fingerprint density at radius 3 is 2.44 bits per heavy atom. The summed E-state index contributed by atoms with van der Waals surface area (Å²) in [4.78, 5) is 15.5. The number of alkyl halides is 3. The van der Waals surface area contributed by atoms with Crippen molar-refractivity contribution in [1.82, 2.24) is 4.98 Å². The monoisotopic (exact) mass is 347 g/mol. The fourth-order valence-electron chi connectivity index (χ4n) is 2.08. The van der Waals surface area contributed by atoms with Crippen LogP contribution in [0.5, 0.6) is 0 Å². The molecule has 0 N–H and O–H groups in total. The maximum atomic E-state index is 12.9. The van der Waals surface area contributed by atoms with Crippen LogP contribution in [0.1, 0.15) is 29.4 Å². The van der Waals surface area contributed by atoms with E-state index in [0.717, 1.165) is 11.6 Å². The number of ether oxygens (including phenoxy) is 1. The molecule has 130 valence electrons. The van der Waals surface area contributed by atoms with E-state index < -0.39 is 17.8 Å². The number of esters is 1. The molecular formula is C19H16F3NO2. The second-order valence-electron chi connectivity index (χ2n) is 5.07. The highest BCUT2D eigenvalue weighted by Crippen LogP contribution is 2.30.